The van der Waals surface area contributed by atoms with E-state index >= 15 is 0 Å². The highest BCUT2D eigenvalue weighted by molar-refractivity contribution is 5.84. The smallest absolute Gasteiger partial charge is 0.201 e. The molecule has 1 aliphatic rings. The van der Waals surface area contributed by atoms with Crippen LogP contribution < -0.4 is 5.73 Å². The van der Waals surface area contributed by atoms with Crippen molar-refractivity contribution in [2.75, 3.05) is 5.73 Å². The second-order valence-corrected chi connectivity index (χ2v) is 5.71. The van der Waals surface area contributed by atoms with Gasteiger partial charge in [0.25, 0.3) is 0 Å². The van der Waals surface area contributed by atoms with Crippen molar-refractivity contribution in [2.45, 2.75) is 45.1 Å². The number of benzene rings is 1. The standard InChI is InChI=1S/C16H20N4/c1-2-11-6-8-13(9-7-11)20-14-5-3-4-12(10-17)15(14)19-16(20)18/h3-5,11,13H,2,6-9H2,1H3,(H2,18,19). The Bertz CT molecular complexity index is 657. The van der Waals surface area contributed by atoms with Crippen molar-refractivity contribution in [1.82, 2.24) is 9.55 Å². The lowest BCUT2D eigenvalue weighted by Crippen LogP contribution is -2.19. The lowest BCUT2D eigenvalue weighted by Gasteiger charge is -2.29. The first-order valence-electron chi connectivity index (χ1n) is 7.41. The third-order valence-corrected chi connectivity index (χ3v) is 4.63. The van der Waals surface area contributed by atoms with Crippen LogP contribution in [-0.4, -0.2) is 9.55 Å². The first-order chi connectivity index (χ1) is 9.74. The number of nitrogens with two attached hydrogens (primary N) is 1. The molecule has 4 heteroatoms. The van der Waals surface area contributed by atoms with E-state index in [0.29, 0.717) is 17.6 Å². The summed E-state index contributed by atoms with van der Waals surface area (Å²) in [5.74, 6) is 1.40. The van der Waals surface area contributed by atoms with Crippen LogP contribution in [0.25, 0.3) is 11.0 Å². The van der Waals surface area contributed by atoms with Gasteiger partial charge in [-0.1, -0.05) is 19.4 Å². The van der Waals surface area contributed by atoms with Crippen LogP contribution in [0.3, 0.4) is 0 Å². The zero-order chi connectivity index (χ0) is 14.1. The zero-order valence-corrected chi connectivity index (χ0v) is 11.8. The molecule has 0 radical (unpaired) electrons. The molecule has 0 unspecified atom stereocenters. The van der Waals surface area contributed by atoms with E-state index < -0.39 is 0 Å². The largest absolute Gasteiger partial charge is 0.369 e. The summed E-state index contributed by atoms with van der Waals surface area (Å²) in [7, 11) is 0. The van der Waals surface area contributed by atoms with E-state index in [1.54, 1.807) is 6.07 Å². The van der Waals surface area contributed by atoms with Crippen LogP contribution >= 0.6 is 0 Å². The summed E-state index contributed by atoms with van der Waals surface area (Å²) in [6.45, 7) is 2.27. The number of para-hydroxylation sites is 1. The van der Waals surface area contributed by atoms with Crippen molar-refractivity contribution in [3.63, 3.8) is 0 Å². The number of hydrogen-bond acceptors (Lipinski definition) is 3. The quantitative estimate of drug-likeness (QED) is 0.904. The molecule has 20 heavy (non-hydrogen) atoms. The Morgan fingerprint density at radius 3 is 2.75 bits per heavy atom. The molecule has 104 valence electrons. The molecule has 2 aromatic rings. The minimum Gasteiger partial charge on any atom is -0.369 e. The molecule has 1 heterocycles. The molecule has 0 atom stereocenters. The fraction of sp³-hybridized carbons (Fsp3) is 0.500. The number of rotatable bonds is 2. The average molecular weight is 268 g/mol. The lowest BCUT2D eigenvalue weighted by molar-refractivity contribution is 0.275. The molecule has 4 nitrogen and oxygen atoms in total. The van der Waals surface area contributed by atoms with E-state index in [0.717, 1.165) is 29.8 Å². The van der Waals surface area contributed by atoms with Gasteiger partial charge in [-0.2, -0.15) is 5.26 Å². The van der Waals surface area contributed by atoms with E-state index in [9.17, 15) is 5.26 Å². The van der Waals surface area contributed by atoms with Crippen LogP contribution in [0.1, 0.15) is 50.6 Å². The summed E-state index contributed by atoms with van der Waals surface area (Å²) in [6.07, 6.45) is 6.11. The molecule has 2 N–H and O–H groups in total. The number of nitriles is 1. The maximum Gasteiger partial charge on any atom is 0.201 e. The van der Waals surface area contributed by atoms with Gasteiger partial charge in [0, 0.05) is 6.04 Å². The molecule has 1 aliphatic carbocycles. The van der Waals surface area contributed by atoms with Crippen molar-refractivity contribution in [3.05, 3.63) is 23.8 Å². The van der Waals surface area contributed by atoms with Crippen molar-refractivity contribution in [1.29, 1.82) is 5.26 Å². The molecule has 1 saturated carbocycles. The van der Waals surface area contributed by atoms with Gasteiger partial charge in [-0.05, 0) is 43.7 Å². The third kappa shape index (κ3) is 2.03. The molecule has 0 saturated heterocycles. The first kappa shape index (κ1) is 13.0. The Hall–Kier alpha value is -2.02. The number of nitrogens with zero attached hydrogens (tertiary/aromatic N) is 3. The van der Waals surface area contributed by atoms with Gasteiger partial charge < -0.3 is 10.3 Å². The van der Waals surface area contributed by atoms with Crippen molar-refractivity contribution in [2.24, 2.45) is 5.92 Å². The second-order valence-electron chi connectivity index (χ2n) is 5.71. The van der Waals surface area contributed by atoms with Crippen molar-refractivity contribution >= 4 is 17.0 Å². The SMILES string of the molecule is CCC1CCC(n2c(N)nc3c(C#N)cccc32)CC1. The summed E-state index contributed by atoms with van der Waals surface area (Å²) in [6, 6.07) is 8.36. The topological polar surface area (TPSA) is 67.6 Å². The maximum absolute atomic E-state index is 9.17. The molecule has 1 aromatic carbocycles. The van der Waals surface area contributed by atoms with Crippen LogP contribution in [0.15, 0.2) is 18.2 Å². The minimum atomic E-state index is 0.428. The van der Waals surface area contributed by atoms with Crippen molar-refractivity contribution in [3.8, 4) is 6.07 Å². The Balaban J connectivity index is 2.00. The first-order valence-corrected chi connectivity index (χ1v) is 7.41. The summed E-state index contributed by atoms with van der Waals surface area (Å²) >= 11 is 0. The Kier molecular flexibility index (Phi) is 3.35. The molecular weight excluding hydrogens is 248 g/mol. The van der Waals surface area contributed by atoms with Crippen LogP contribution in [0, 0.1) is 17.2 Å². The van der Waals surface area contributed by atoms with E-state index in [1.165, 1.54) is 19.3 Å². The average Bonchev–Trinajstić information content (AvgIpc) is 2.83. The number of fused-ring (bicyclic) bond motifs is 1. The van der Waals surface area contributed by atoms with Gasteiger partial charge in [-0.3, -0.25) is 0 Å². The van der Waals surface area contributed by atoms with Gasteiger partial charge in [-0.25, -0.2) is 4.98 Å². The van der Waals surface area contributed by atoms with Gasteiger partial charge in [0.05, 0.1) is 11.1 Å². The van der Waals surface area contributed by atoms with Gasteiger partial charge in [0.15, 0.2) is 0 Å². The van der Waals surface area contributed by atoms with Crippen molar-refractivity contribution < 1.29 is 0 Å². The number of nitrogen functional groups attached to an aromatic ring is 1. The normalized spacial score (nSPS) is 22.8. The summed E-state index contributed by atoms with van der Waals surface area (Å²) < 4.78 is 2.14. The van der Waals surface area contributed by atoms with E-state index in [4.69, 9.17) is 5.73 Å². The lowest BCUT2D eigenvalue weighted by atomic mass is 9.84. The minimum absolute atomic E-state index is 0.428. The summed E-state index contributed by atoms with van der Waals surface area (Å²) in [5.41, 5.74) is 8.47. The van der Waals surface area contributed by atoms with Gasteiger partial charge in [0.1, 0.15) is 11.6 Å². The Labute approximate surface area is 119 Å². The Morgan fingerprint density at radius 1 is 1.35 bits per heavy atom. The molecule has 0 spiro atoms. The predicted octanol–water partition coefficient (Wildman–Crippen LogP) is 3.63. The molecule has 0 aliphatic heterocycles. The van der Waals surface area contributed by atoms with Gasteiger partial charge in [-0.15, -0.1) is 0 Å². The molecule has 1 fully saturated rings. The van der Waals surface area contributed by atoms with Gasteiger partial charge in [0.2, 0.25) is 5.95 Å². The molecule has 3 rings (SSSR count). The molecule has 0 amide bonds. The van der Waals surface area contributed by atoms with Crippen LogP contribution in [0.4, 0.5) is 5.95 Å². The second kappa shape index (κ2) is 5.16. The van der Waals surface area contributed by atoms with Crippen LogP contribution in [0.2, 0.25) is 0 Å². The molecule has 0 bridgehead atoms. The Morgan fingerprint density at radius 2 is 2.10 bits per heavy atom. The van der Waals surface area contributed by atoms with Crippen LogP contribution in [-0.2, 0) is 0 Å². The molecule has 1 aromatic heterocycles. The number of imidazole rings is 1. The fourth-order valence-corrected chi connectivity index (χ4v) is 3.42. The highest BCUT2D eigenvalue weighted by Crippen LogP contribution is 2.37. The monoisotopic (exact) mass is 268 g/mol. The summed E-state index contributed by atoms with van der Waals surface area (Å²) in [4.78, 5) is 4.42. The number of hydrogen-bond donors (Lipinski definition) is 1. The van der Waals surface area contributed by atoms with E-state index in [1.807, 2.05) is 12.1 Å². The summed E-state index contributed by atoms with van der Waals surface area (Å²) in [5, 5.41) is 9.17. The highest BCUT2D eigenvalue weighted by atomic mass is 15.2. The number of anilines is 1. The third-order valence-electron chi connectivity index (χ3n) is 4.63. The van der Waals surface area contributed by atoms with Crippen LogP contribution in [0.5, 0.6) is 0 Å². The fourth-order valence-electron chi connectivity index (χ4n) is 3.42. The zero-order valence-electron chi connectivity index (χ0n) is 11.8. The molecular formula is C16H20N4. The number of aromatic nitrogens is 2. The predicted molar refractivity (Wildman–Crippen MR) is 80.1 cm³/mol. The maximum atomic E-state index is 9.17. The highest BCUT2D eigenvalue weighted by Gasteiger charge is 2.24. The van der Waals surface area contributed by atoms with E-state index in [2.05, 4.69) is 22.5 Å². The van der Waals surface area contributed by atoms with Gasteiger partial charge >= 0.3 is 0 Å². The van der Waals surface area contributed by atoms with E-state index in [-0.39, 0.29) is 0 Å².